The summed E-state index contributed by atoms with van der Waals surface area (Å²) in [5, 5.41) is 21.0. The second kappa shape index (κ2) is 32.6. The summed E-state index contributed by atoms with van der Waals surface area (Å²) in [6.07, 6.45) is 10.4. The van der Waals surface area contributed by atoms with Crippen LogP contribution < -0.4 is 16.4 Å². The number of aromatic nitrogens is 8. The summed E-state index contributed by atoms with van der Waals surface area (Å²) in [6.45, 7) is 17.0. The van der Waals surface area contributed by atoms with Gasteiger partial charge in [0, 0.05) is 89.9 Å². The molecule has 26 heteroatoms. The van der Waals surface area contributed by atoms with Crippen molar-refractivity contribution in [3.8, 4) is 33.9 Å². The van der Waals surface area contributed by atoms with Crippen molar-refractivity contribution in [3.05, 3.63) is 210 Å². The number of hydrogen-bond donors (Lipinski definition) is 4. The molecule has 2 aliphatic heterocycles. The molecule has 0 unspecified atom stereocenters. The third-order valence-electron chi connectivity index (χ3n) is 15.6. The van der Waals surface area contributed by atoms with Gasteiger partial charge in [-0.3, -0.25) is 4.57 Å². The van der Waals surface area contributed by atoms with Crippen LogP contribution in [0.4, 0.5) is 27.3 Å². The predicted molar refractivity (Wildman–Crippen MR) is 356 cm³/mol. The number of carbonyl (C=O) groups is 2. The van der Waals surface area contributed by atoms with Crippen molar-refractivity contribution >= 4 is 80.9 Å². The maximum absolute atomic E-state index is 13.0. The number of aryl methyl sites for hydroxylation is 2. The first-order valence-corrected chi connectivity index (χ1v) is 30.6. The molecular weight excluding hydrogens is 1220 g/mol. The number of nitrogens with one attached hydrogen (secondary N) is 2. The van der Waals surface area contributed by atoms with Crippen LogP contribution in [-0.4, -0.2) is 126 Å². The lowest BCUT2D eigenvalue weighted by atomic mass is 10.00. The minimum Gasteiger partial charge on any atom is -0.445 e. The maximum Gasteiger partial charge on any atom is 0.410 e. The lowest BCUT2D eigenvalue weighted by molar-refractivity contribution is 0.0689. The Morgan fingerprint density at radius 3 is 1.41 bits per heavy atom. The van der Waals surface area contributed by atoms with Crippen LogP contribution in [0.25, 0.3) is 60.8 Å². The van der Waals surface area contributed by atoms with E-state index in [0.29, 0.717) is 47.8 Å². The van der Waals surface area contributed by atoms with Crippen LogP contribution in [0.3, 0.4) is 0 Å². The number of hydrogen-bond acceptors (Lipinski definition) is 18. The Kier molecular flexibility index (Phi) is 23.8. The van der Waals surface area contributed by atoms with Gasteiger partial charge in [0.1, 0.15) is 24.6 Å². The molecule has 93 heavy (non-hydrogen) atoms. The van der Waals surface area contributed by atoms with E-state index in [0.717, 1.165) is 92.6 Å². The Hall–Kier alpha value is -11.0. The summed E-state index contributed by atoms with van der Waals surface area (Å²) in [7, 11) is 0. The van der Waals surface area contributed by atoms with E-state index in [4.69, 9.17) is 53.6 Å². The van der Waals surface area contributed by atoms with Gasteiger partial charge in [-0.1, -0.05) is 122 Å². The zero-order chi connectivity index (χ0) is 65.1. The van der Waals surface area contributed by atoms with Gasteiger partial charge in [0.2, 0.25) is 17.5 Å². The van der Waals surface area contributed by atoms with Crippen molar-refractivity contribution in [2.75, 3.05) is 23.7 Å². The number of pyridine rings is 2. The molecule has 0 bridgehead atoms. The van der Waals surface area contributed by atoms with E-state index in [-0.39, 0.29) is 62.8 Å². The van der Waals surface area contributed by atoms with Gasteiger partial charge in [-0.2, -0.15) is 16.8 Å². The number of para-hydroxylation sites is 2. The number of anilines is 2. The standard InChI is InChI=1S/C33H34N8O3.C33H31N7O2.CH4.2O2S/c1-21-17-35-32(36-24-14-13-22(2)40(18-24)33(42)44-20-23-9-5-3-6-10-23)38-29(21)27-19-41(25-11-7-4-8-12-25)31-26(27)15-16-28(37-31)30(34)39-43;1-22-18-35-32(36-25-15-14-23(2)39(19-25)33(41)42-21-24-10-6-4-7-11-24)38-30(22)28-20-40(26-12-8-5-9-13-26)31-27(28)16-17-29(34-3)37-31;;2*1-3-2/h3-12,15-17,19,22,24,43H,13-14,18,20H2,1-2H3,(H2,34,39)(H,35,36,38);4-13,16-18,20,23,25H,14-15,19,21H2,1-2H3,(H,35,36,38);1H4;;/t22-,24-;23-,25-;;;/m00.../s1. The highest BCUT2D eigenvalue weighted by Gasteiger charge is 2.33. The third kappa shape index (κ3) is 16.9. The van der Waals surface area contributed by atoms with E-state index in [1.165, 1.54) is 0 Å². The molecule has 0 saturated carbocycles. The van der Waals surface area contributed by atoms with Crippen molar-refractivity contribution in [2.24, 2.45) is 10.9 Å². The topological polar surface area (TPSA) is 302 Å². The number of piperidine rings is 2. The summed E-state index contributed by atoms with van der Waals surface area (Å²) >= 11 is -1.50. The number of benzene rings is 4. The first-order chi connectivity index (χ1) is 44.7. The number of nitrogens with zero attached hydrogens (tertiary/aromatic N) is 12. The number of oxime groups is 1. The number of nitrogens with two attached hydrogens (primary N) is 1. The summed E-state index contributed by atoms with van der Waals surface area (Å²) in [5.74, 6) is 1.24. The van der Waals surface area contributed by atoms with E-state index in [9.17, 15) is 14.8 Å². The van der Waals surface area contributed by atoms with Gasteiger partial charge in [0.05, 0.1) is 16.8 Å². The van der Waals surface area contributed by atoms with Gasteiger partial charge in [-0.15, -0.1) is 4.98 Å². The Morgan fingerprint density at radius 2 is 1.00 bits per heavy atom. The first kappa shape index (κ1) is 67.9. The van der Waals surface area contributed by atoms with Gasteiger partial charge >= 0.3 is 35.3 Å². The van der Waals surface area contributed by atoms with Crippen LogP contribution in [0.1, 0.15) is 74.9 Å². The van der Waals surface area contributed by atoms with Crippen molar-refractivity contribution in [1.82, 2.24) is 48.8 Å². The zero-order valence-electron chi connectivity index (χ0n) is 50.6. The van der Waals surface area contributed by atoms with Crippen molar-refractivity contribution in [3.63, 3.8) is 0 Å². The fourth-order valence-corrected chi connectivity index (χ4v) is 10.9. The van der Waals surface area contributed by atoms with Crippen LogP contribution in [0.5, 0.6) is 0 Å². The van der Waals surface area contributed by atoms with E-state index >= 15 is 0 Å². The molecular formula is C67H69N15O9S2. The molecule has 2 aliphatic rings. The molecule has 24 nitrogen and oxygen atoms in total. The number of rotatable bonds is 13. The fourth-order valence-electron chi connectivity index (χ4n) is 10.9. The highest BCUT2D eigenvalue weighted by Crippen LogP contribution is 2.36. The first-order valence-electron chi connectivity index (χ1n) is 29.2. The monoisotopic (exact) mass is 1290 g/mol. The summed E-state index contributed by atoms with van der Waals surface area (Å²) < 4.78 is 48.4. The fraction of sp³-hybridized carbons (Fsp3) is 0.254. The number of likely N-dealkylation sites (tertiary alicyclic amines) is 2. The molecule has 6 aromatic heterocycles. The van der Waals surface area contributed by atoms with E-state index in [1.807, 2.05) is 182 Å². The highest BCUT2D eigenvalue weighted by atomic mass is 32.1. The SMILES string of the molecule is C.Cc1cnc(N[C@H]2CC[C@H](C)N(C(=O)OCc3ccccc3)C2)nc1-c1cn(-c2ccccc2)c2nc(/C(N)=N/O)ccc12.O=S=O.O=S=O.[C-]#[N+]c1ccc2c(-c3nc(N[C@H]4CC[C@H](C)N(C(=O)OCc5ccccc5)C4)ncc3C)cn(-c3ccccc3)c2n1. The lowest BCUT2D eigenvalue weighted by Crippen LogP contribution is -2.50. The Bertz CT molecular complexity index is 4320. The predicted octanol–water partition coefficient (Wildman–Crippen LogP) is 11.7. The second-order valence-electron chi connectivity index (χ2n) is 21.7. The highest BCUT2D eigenvalue weighted by molar-refractivity contribution is 7.52. The van der Waals surface area contributed by atoms with Crippen LogP contribution in [0, 0.1) is 20.4 Å². The molecule has 10 aromatic rings. The number of fused-ring (bicyclic) bond motifs is 2. The Morgan fingerprint density at radius 1 is 0.602 bits per heavy atom. The zero-order valence-corrected chi connectivity index (χ0v) is 52.2. The molecule has 0 aliphatic carbocycles. The average molecular weight is 1290 g/mol. The molecule has 2 fully saturated rings. The average Bonchev–Trinajstić information content (AvgIpc) is 1.66. The van der Waals surface area contributed by atoms with E-state index in [1.54, 1.807) is 28.1 Å². The Labute approximate surface area is 544 Å². The molecule has 5 N–H and O–H groups in total. The number of amidine groups is 1. The van der Waals surface area contributed by atoms with Crippen molar-refractivity contribution < 1.29 is 41.1 Å². The van der Waals surface area contributed by atoms with E-state index in [2.05, 4.69) is 42.5 Å². The molecule has 2 amide bonds. The van der Waals surface area contributed by atoms with Gasteiger partial charge in [-0.05, 0) is 118 Å². The molecule has 0 radical (unpaired) electrons. The van der Waals surface area contributed by atoms with Gasteiger partial charge in [0.25, 0.3) is 5.82 Å². The minimum absolute atomic E-state index is 0. The molecule has 478 valence electrons. The van der Waals surface area contributed by atoms with Gasteiger partial charge in [0.15, 0.2) is 5.84 Å². The summed E-state index contributed by atoms with van der Waals surface area (Å²) in [5.41, 5.74) is 16.5. The molecule has 4 atom stereocenters. The normalized spacial score (nSPS) is 15.8. The summed E-state index contributed by atoms with van der Waals surface area (Å²) in [4.78, 5) is 61.5. The van der Waals surface area contributed by atoms with Crippen LogP contribution >= 0.6 is 0 Å². The smallest absolute Gasteiger partial charge is 0.410 e. The number of amides is 2. The third-order valence-corrected chi connectivity index (χ3v) is 15.6. The molecule has 2 saturated heterocycles. The number of carbonyl (C=O) groups excluding carboxylic acids is 2. The van der Waals surface area contributed by atoms with Crippen molar-refractivity contribution in [1.29, 1.82) is 0 Å². The van der Waals surface area contributed by atoms with Crippen LogP contribution in [-0.2, 0) is 45.8 Å². The van der Waals surface area contributed by atoms with Gasteiger partial charge in [-0.25, -0.2) is 34.5 Å². The number of ether oxygens (including phenoxy) is 2. The molecule has 8 heterocycles. The van der Waals surface area contributed by atoms with Gasteiger partial charge < -0.3 is 50.3 Å². The van der Waals surface area contributed by atoms with Crippen LogP contribution in [0.2, 0.25) is 0 Å². The molecule has 12 rings (SSSR count). The molecule has 0 spiro atoms. The minimum atomic E-state index is -0.750. The second-order valence-corrected chi connectivity index (χ2v) is 22.0. The Balaban J connectivity index is 0.000000218. The van der Waals surface area contributed by atoms with E-state index < -0.39 is 23.1 Å². The summed E-state index contributed by atoms with van der Waals surface area (Å²) in [6, 6.07) is 46.5. The largest absolute Gasteiger partial charge is 0.445 e. The molecule has 4 aromatic carbocycles. The van der Waals surface area contributed by atoms with Crippen molar-refractivity contribution in [2.45, 2.75) is 98.2 Å². The quantitative estimate of drug-likeness (QED) is 0.0274. The maximum atomic E-state index is 13.0. The lowest BCUT2D eigenvalue weighted by Gasteiger charge is -2.37. The van der Waals surface area contributed by atoms with Crippen LogP contribution in [0.15, 0.2) is 176 Å².